The van der Waals surface area contributed by atoms with E-state index >= 15 is 0 Å². The molecule has 0 aromatic heterocycles. The van der Waals surface area contributed by atoms with Crippen LogP contribution in [-0.2, 0) is 9.53 Å². The first-order valence-corrected chi connectivity index (χ1v) is 10.9. The monoisotopic (exact) mass is 507 g/mol. The third-order valence-electron chi connectivity index (χ3n) is 5.90. The Balaban J connectivity index is 0.00000280. The number of carbonyl (C=O) groups is 1. The number of aliphatic imine (C=N–C) groups is 1. The number of guanidine groups is 1. The van der Waals surface area contributed by atoms with E-state index in [2.05, 4.69) is 27.4 Å². The number of nitrogens with zero attached hydrogens (tertiary/aromatic N) is 3. The van der Waals surface area contributed by atoms with Gasteiger partial charge in [-0.25, -0.2) is 0 Å². The lowest BCUT2D eigenvalue weighted by atomic mass is 10.1. The number of halogens is 1. The summed E-state index contributed by atoms with van der Waals surface area (Å²) in [6, 6.07) is 0.312. The van der Waals surface area contributed by atoms with Gasteiger partial charge in [0.1, 0.15) is 0 Å². The zero-order valence-electron chi connectivity index (χ0n) is 17.3. The Morgan fingerprint density at radius 1 is 1.14 bits per heavy atom. The van der Waals surface area contributed by atoms with E-state index in [0.29, 0.717) is 11.9 Å². The van der Waals surface area contributed by atoms with Crippen LogP contribution in [0.25, 0.3) is 0 Å². The van der Waals surface area contributed by atoms with Crippen molar-refractivity contribution in [2.24, 2.45) is 10.9 Å². The van der Waals surface area contributed by atoms with Crippen molar-refractivity contribution in [1.82, 2.24) is 20.4 Å². The summed E-state index contributed by atoms with van der Waals surface area (Å²) in [5.74, 6) is 1.55. The Morgan fingerprint density at radius 2 is 1.89 bits per heavy atom. The molecule has 8 heteroatoms. The number of rotatable bonds is 7. The molecule has 2 heterocycles. The smallest absolute Gasteiger partial charge is 0.225 e. The highest BCUT2D eigenvalue weighted by Crippen LogP contribution is 2.27. The highest BCUT2D eigenvalue weighted by Gasteiger charge is 2.32. The van der Waals surface area contributed by atoms with Gasteiger partial charge in [0.15, 0.2) is 5.96 Å². The Labute approximate surface area is 187 Å². The zero-order valence-corrected chi connectivity index (χ0v) is 19.7. The minimum absolute atomic E-state index is 0. The molecule has 2 N–H and O–H groups in total. The molecule has 3 rings (SSSR count). The van der Waals surface area contributed by atoms with Crippen LogP contribution in [0.1, 0.15) is 45.4 Å². The van der Waals surface area contributed by atoms with Crippen molar-refractivity contribution in [3.05, 3.63) is 0 Å². The standard InChI is InChI=1S/C20H37N5O2.HI/c1-2-21-20(22-9-5-10-24-12-14-27-15-13-24)23-18-8-11-25(16-18)19(26)17-6-3-4-7-17;/h17-18H,2-16H2,1H3,(H2,21,22,23);1H. The van der Waals surface area contributed by atoms with Crippen molar-refractivity contribution < 1.29 is 9.53 Å². The molecule has 1 amide bonds. The molecule has 1 unspecified atom stereocenters. The molecule has 0 spiro atoms. The van der Waals surface area contributed by atoms with E-state index in [-0.39, 0.29) is 29.9 Å². The molecule has 2 saturated heterocycles. The molecule has 0 bridgehead atoms. The van der Waals surface area contributed by atoms with Crippen molar-refractivity contribution in [1.29, 1.82) is 0 Å². The van der Waals surface area contributed by atoms with Gasteiger partial charge < -0.3 is 20.3 Å². The number of ether oxygens (including phenoxy) is 1. The van der Waals surface area contributed by atoms with E-state index in [4.69, 9.17) is 9.73 Å². The lowest BCUT2D eigenvalue weighted by Gasteiger charge is -2.26. The molecule has 1 saturated carbocycles. The predicted molar refractivity (Wildman–Crippen MR) is 123 cm³/mol. The largest absolute Gasteiger partial charge is 0.379 e. The van der Waals surface area contributed by atoms with Crippen molar-refractivity contribution in [3.63, 3.8) is 0 Å². The molecule has 0 radical (unpaired) electrons. The van der Waals surface area contributed by atoms with Crippen LogP contribution in [-0.4, -0.2) is 86.7 Å². The molecular formula is C20H38IN5O2. The highest BCUT2D eigenvalue weighted by atomic mass is 127. The SMILES string of the molecule is CCNC(=NCCCN1CCOCC1)NC1CCN(C(=O)C2CCCC2)C1.I. The maximum absolute atomic E-state index is 12.6. The van der Waals surface area contributed by atoms with Gasteiger partial charge in [-0.3, -0.25) is 14.7 Å². The number of nitrogens with one attached hydrogen (secondary N) is 2. The fraction of sp³-hybridized carbons (Fsp3) is 0.900. The maximum Gasteiger partial charge on any atom is 0.225 e. The van der Waals surface area contributed by atoms with E-state index < -0.39 is 0 Å². The van der Waals surface area contributed by atoms with Crippen LogP contribution in [0, 0.1) is 5.92 Å². The second-order valence-corrected chi connectivity index (χ2v) is 7.96. The summed E-state index contributed by atoms with van der Waals surface area (Å²) in [6.07, 6.45) is 6.67. The Bertz CT molecular complexity index is 493. The van der Waals surface area contributed by atoms with E-state index in [1.165, 1.54) is 12.8 Å². The third-order valence-corrected chi connectivity index (χ3v) is 5.90. The van der Waals surface area contributed by atoms with Gasteiger partial charge in [-0.05, 0) is 32.6 Å². The van der Waals surface area contributed by atoms with Gasteiger partial charge >= 0.3 is 0 Å². The maximum atomic E-state index is 12.6. The Morgan fingerprint density at radius 3 is 2.61 bits per heavy atom. The number of hydrogen-bond acceptors (Lipinski definition) is 4. The highest BCUT2D eigenvalue weighted by molar-refractivity contribution is 14.0. The average Bonchev–Trinajstić information content (AvgIpc) is 3.38. The quantitative estimate of drug-likeness (QED) is 0.238. The van der Waals surface area contributed by atoms with Gasteiger partial charge in [0.25, 0.3) is 0 Å². The summed E-state index contributed by atoms with van der Waals surface area (Å²) < 4.78 is 5.39. The molecule has 1 aliphatic carbocycles. The Hall–Kier alpha value is -0.610. The lowest BCUT2D eigenvalue weighted by molar-refractivity contribution is -0.134. The summed E-state index contributed by atoms with van der Waals surface area (Å²) in [5.41, 5.74) is 0. The Kier molecular flexibility index (Phi) is 10.9. The van der Waals surface area contributed by atoms with Gasteiger partial charge in [-0.2, -0.15) is 0 Å². The van der Waals surface area contributed by atoms with E-state index in [1.807, 2.05) is 0 Å². The average molecular weight is 507 g/mol. The minimum atomic E-state index is 0. The van der Waals surface area contributed by atoms with Gasteiger partial charge in [0.05, 0.1) is 13.2 Å². The molecule has 0 aromatic rings. The fourth-order valence-electron chi connectivity index (χ4n) is 4.33. The molecule has 162 valence electrons. The first-order valence-electron chi connectivity index (χ1n) is 10.9. The number of carbonyl (C=O) groups excluding carboxylic acids is 1. The molecule has 1 atom stereocenters. The van der Waals surface area contributed by atoms with Crippen LogP contribution in [0.4, 0.5) is 0 Å². The number of likely N-dealkylation sites (tertiary alicyclic amines) is 1. The van der Waals surface area contributed by atoms with Crippen LogP contribution in [0.3, 0.4) is 0 Å². The summed E-state index contributed by atoms with van der Waals surface area (Å²) in [6.45, 7) is 10.3. The number of amides is 1. The van der Waals surface area contributed by atoms with Gasteiger partial charge in [0, 0.05) is 57.8 Å². The number of hydrogen-bond donors (Lipinski definition) is 2. The van der Waals surface area contributed by atoms with Crippen LogP contribution < -0.4 is 10.6 Å². The van der Waals surface area contributed by atoms with Crippen LogP contribution in [0.2, 0.25) is 0 Å². The van der Waals surface area contributed by atoms with Crippen molar-refractivity contribution in [2.75, 3.05) is 59.0 Å². The van der Waals surface area contributed by atoms with Gasteiger partial charge in [-0.1, -0.05) is 12.8 Å². The summed E-state index contributed by atoms with van der Waals surface area (Å²) >= 11 is 0. The second-order valence-electron chi connectivity index (χ2n) is 7.96. The molecule has 3 fully saturated rings. The summed E-state index contributed by atoms with van der Waals surface area (Å²) in [7, 11) is 0. The third kappa shape index (κ3) is 7.33. The minimum Gasteiger partial charge on any atom is -0.379 e. The molecule has 7 nitrogen and oxygen atoms in total. The first kappa shape index (κ1) is 23.7. The summed E-state index contributed by atoms with van der Waals surface area (Å²) in [5, 5.41) is 6.89. The topological polar surface area (TPSA) is 69.2 Å². The second kappa shape index (κ2) is 12.8. The number of morpholine rings is 1. The van der Waals surface area contributed by atoms with Crippen molar-refractivity contribution in [2.45, 2.75) is 51.5 Å². The normalized spacial score (nSPS) is 24.2. The van der Waals surface area contributed by atoms with Gasteiger partial charge in [-0.15, -0.1) is 24.0 Å². The van der Waals surface area contributed by atoms with E-state index in [1.54, 1.807) is 0 Å². The van der Waals surface area contributed by atoms with E-state index in [0.717, 1.165) is 90.7 Å². The van der Waals surface area contributed by atoms with Crippen LogP contribution >= 0.6 is 24.0 Å². The van der Waals surface area contributed by atoms with Crippen molar-refractivity contribution in [3.8, 4) is 0 Å². The first-order chi connectivity index (χ1) is 13.3. The molecule has 28 heavy (non-hydrogen) atoms. The molecule has 0 aromatic carbocycles. The zero-order chi connectivity index (χ0) is 18.9. The van der Waals surface area contributed by atoms with Crippen LogP contribution in [0.5, 0.6) is 0 Å². The summed E-state index contributed by atoms with van der Waals surface area (Å²) in [4.78, 5) is 21.9. The predicted octanol–water partition coefficient (Wildman–Crippen LogP) is 1.67. The molecule has 3 aliphatic rings. The van der Waals surface area contributed by atoms with E-state index in [9.17, 15) is 4.79 Å². The van der Waals surface area contributed by atoms with Crippen LogP contribution in [0.15, 0.2) is 4.99 Å². The fourth-order valence-corrected chi connectivity index (χ4v) is 4.33. The molecular weight excluding hydrogens is 469 g/mol. The molecule has 2 aliphatic heterocycles. The van der Waals surface area contributed by atoms with Crippen molar-refractivity contribution >= 4 is 35.8 Å². The van der Waals surface area contributed by atoms with Gasteiger partial charge in [0.2, 0.25) is 5.91 Å². The lowest BCUT2D eigenvalue weighted by Crippen LogP contribution is -2.45.